The highest BCUT2D eigenvalue weighted by Crippen LogP contribution is 2.07. The molecule has 0 aromatic carbocycles. The first-order valence-corrected chi connectivity index (χ1v) is 2.79. The Bertz CT molecular complexity index is 66.0. The molecule has 0 rings (SSSR count). The lowest BCUT2D eigenvalue weighted by atomic mass is 10.1. The molecule has 0 spiro atoms. The van der Waals surface area contributed by atoms with Gasteiger partial charge in [0.25, 0.3) is 0 Å². The van der Waals surface area contributed by atoms with Crippen molar-refractivity contribution in [2.24, 2.45) is 11.7 Å². The molecule has 0 aromatic heterocycles. The van der Waals surface area contributed by atoms with Gasteiger partial charge in [0.05, 0.1) is 0 Å². The van der Waals surface area contributed by atoms with Gasteiger partial charge in [-0.15, -0.1) is 0 Å². The van der Waals surface area contributed by atoms with Gasteiger partial charge in [0.1, 0.15) is 0 Å². The summed E-state index contributed by atoms with van der Waals surface area (Å²) in [6.07, 6.45) is -2.65. The van der Waals surface area contributed by atoms with Crippen molar-refractivity contribution in [2.75, 3.05) is 13.2 Å². The molecule has 1 unspecified atom stereocenters. The van der Waals surface area contributed by atoms with E-state index in [2.05, 4.69) is 0 Å². The fraction of sp³-hybridized carbons (Fsp3) is 1.00. The predicted molar refractivity (Wildman–Crippen MR) is 30.3 cm³/mol. The molecule has 0 fully saturated rings. The number of aliphatic hydroxyl groups excluding tert-OH is 1. The highest BCUT2D eigenvalue weighted by atomic mass is 19.3. The second-order valence-electron chi connectivity index (χ2n) is 1.91. The number of hydrogen-bond donors (Lipinski definition) is 2. The van der Waals surface area contributed by atoms with Gasteiger partial charge in [0, 0.05) is 13.0 Å². The fourth-order valence-corrected chi connectivity index (χ4v) is 0.497. The van der Waals surface area contributed by atoms with Crippen molar-refractivity contribution >= 4 is 0 Å². The molecule has 56 valence electrons. The molecule has 0 aromatic rings. The van der Waals surface area contributed by atoms with E-state index in [1.54, 1.807) is 0 Å². The Hall–Kier alpha value is -0.220. The number of halogens is 2. The minimum absolute atomic E-state index is 0.126. The lowest BCUT2D eigenvalue weighted by Gasteiger charge is -2.08. The summed E-state index contributed by atoms with van der Waals surface area (Å²) < 4.78 is 23.0. The molecule has 0 aliphatic rings. The Morgan fingerprint density at radius 2 is 2.00 bits per heavy atom. The maximum atomic E-state index is 11.5. The van der Waals surface area contributed by atoms with Crippen LogP contribution in [0.2, 0.25) is 0 Å². The Morgan fingerprint density at radius 3 is 2.11 bits per heavy atom. The number of nitrogens with two attached hydrogens (primary N) is 1. The van der Waals surface area contributed by atoms with Gasteiger partial charge in [0.15, 0.2) is 0 Å². The third kappa shape index (κ3) is 4.29. The number of rotatable bonds is 4. The largest absolute Gasteiger partial charge is 0.396 e. The third-order valence-corrected chi connectivity index (χ3v) is 1.10. The van der Waals surface area contributed by atoms with Gasteiger partial charge < -0.3 is 10.8 Å². The van der Waals surface area contributed by atoms with Crippen molar-refractivity contribution in [3.63, 3.8) is 0 Å². The monoisotopic (exact) mass is 139 g/mol. The van der Waals surface area contributed by atoms with Gasteiger partial charge in [-0.05, 0) is 12.5 Å². The van der Waals surface area contributed by atoms with E-state index in [-0.39, 0.29) is 19.6 Å². The van der Waals surface area contributed by atoms with Crippen molar-refractivity contribution in [3.8, 4) is 0 Å². The Morgan fingerprint density at radius 1 is 1.44 bits per heavy atom. The van der Waals surface area contributed by atoms with Crippen LogP contribution in [0.15, 0.2) is 0 Å². The van der Waals surface area contributed by atoms with E-state index >= 15 is 0 Å². The smallest absolute Gasteiger partial charge is 0.239 e. The van der Waals surface area contributed by atoms with E-state index in [9.17, 15) is 8.78 Å². The second-order valence-corrected chi connectivity index (χ2v) is 1.91. The summed E-state index contributed by atoms with van der Waals surface area (Å²) in [5.74, 6) is -0.440. The van der Waals surface area contributed by atoms with Gasteiger partial charge in [-0.2, -0.15) is 0 Å². The number of hydrogen-bond acceptors (Lipinski definition) is 2. The minimum Gasteiger partial charge on any atom is -0.396 e. The van der Waals surface area contributed by atoms with Crippen LogP contribution >= 0.6 is 0 Å². The Labute approximate surface area is 52.7 Å². The van der Waals surface area contributed by atoms with Gasteiger partial charge in [-0.25, -0.2) is 8.78 Å². The summed E-state index contributed by atoms with van der Waals surface area (Å²) in [7, 11) is 0. The lowest BCUT2D eigenvalue weighted by Crippen LogP contribution is -2.20. The van der Waals surface area contributed by atoms with Crippen molar-refractivity contribution in [2.45, 2.75) is 12.8 Å². The first-order valence-electron chi connectivity index (χ1n) is 2.79. The van der Waals surface area contributed by atoms with Crippen LogP contribution in [-0.2, 0) is 0 Å². The first kappa shape index (κ1) is 8.78. The predicted octanol–water partition coefficient (Wildman–Crippen LogP) is 0.209. The zero-order valence-corrected chi connectivity index (χ0v) is 5.06. The molecule has 9 heavy (non-hydrogen) atoms. The molecule has 0 aliphatic heterocycles. The molecule has 0 bridgehead atoms. The van der Waals surface area contributed by atoms with E-state index in [1.165, 1.54) is 0 Å². The summed E-state index contributed by atoms with van der Waals surface area (Å²) in [5, 5.41) is 8.36. The van der Waals surface area contributed by atoms with E-state index in [1.807, 2.05) is 0 Å². The van der Waals surface area contributed by atoms with E-state index < -0.39 is 12.3 Å². The van der Waals surface area contributed by atoms with Crippen LogP contribution in [0.1, 0.15) is 6.42 Å². The second kappa shape index (κ2) is 4.64. The van der Waals surface area contributed by atoms with Crippen LogP contribution in [0.25, 0.3) is 0 Å². The van der Waals surface area contributed by atoms with Crippen molar-refractivity contribution < 1.29 is 13.9 Å². The highest BCUT2D eigenvalue weighted by molar-refractivity contribution is 4.58. The van der Waals surface area contributed by atoms with Crippen LogP contribution in [-0.4, -0.2) is 24.7 Å². The van der Waals surface area contributed by atoms with Gasteiger partial charge >= 0.3 is 0 Å². The van der Waals surface area contributed by atoms with Gasteiger partial charge in [0.2, 0.25) is 6.43 Å². The summed E-state index contributed by atoms with van der Waals surface area (Å²) in [6.45, 7) is -0.123. The summed E-state index contributed by atoms with van der Waals surface area (Å²) in [4.78, 5) is 0. The molecule has 0 aliphatic carbocycles. The average Bonchev–Trinajstić information content (AvgIpc) is 1.82. The van der Waals surface area contributed by atoms with Crippen molar-refractivity contribution in [1.82, 2.24) is 0 Å². The molecule has 2 nitrogen and oxygen atoms in total. The van der Waals surface area contributed by atoms with Crippen LogP contribution < -0.4 is 5.73 Å². The summed E-state index contributed by atoms with van der Waals surface area (Å²) in [6, 6.07) is 0. The van der Waals surface area contributed by atoms with Crippen LogP contribution in [0.3, 0.4) is 0 Å². The molecule has 3 N–H and O–H groups in total. The molecule has 1 atom stereocenters. The fourth-order valence-electron chi connectivity index (χ4n) is 0.497. The zero-order valence-electron chi connectivity index (χ0n) is 5.06. The maximum Gasteiger partial charge on any atom is 0.239 e. The van der Waals surface area contributed by atoms with E-state index in [4.69, 9.17) is 10.8 Å². The number of aliphatic hydroxyl groups is 1. The van der Waals surface area contributed by atoms with Crippen molar-refractivity contribution in [3.05, 3.63) is 0 Å². The van der Waals surface area contributed by atoms with Crippen molar-refractivity contribution in [1.29, 1.82) is 0 Å². The average molecular weight is 139 g/mol. The van der Waals surface area contributed by atoms with E-state index in [0.717, 1.165) is 0 Å². The van der Waals surface area contributed by atoms with Crippen LogP contribution in [0.4, 0.5) is 8.78 Å². The number of alkyl halides is 2. The quantitative estimate of drug-likeness (QED) is 0.584. The molecule has 0 saturated carbocycles. The SMILES string of the molecule is NCC(CO)CC(F)F. The Balaban J connectivity index is 3.31. The highest BCUT2D eigenvalue weighted by Gasteiger charge is 2.11. The molecular weight excluding hydrogens is 128 g/mol. The van der Waals surface area contributed by atoms with Crippen LogP contribution in [0.5, 0.6) is 0 Å². The summed E-state index contributed by atoms with van der Waals surface area (Å²) >= 11 is 0. The third-order valence-electron chi connectivity index (χ3n) is 1.10. The molecule has 0 saturated heterocycles. The molecular formula is C5H11F2NO. The summed E-state index contributed by atoms with van der Waals surface area (Å²) in [5.41, 5.74) is 5.04. The van der Waals surface area contributed by atoms with E-state index in [0.29, 0.717) is 0 Å². The van der Waals surface area contributed by atoms with Gasteiger partial charge in [-0.3, -0.25) is 0 Å². The topological polar surface area (TPSA) is 46.2 Å². The molecule has 4 heteroatoms. The molecule has 0 radical (unpaired) electrons. The first-order chi connectivity index (χ1) is 4.20. The lowest BCUT2D eigenvalue weighted by molar-refractivity contribution is 0.0951. The van der Waals surface area contributed by atoms with Crippen LogP contribution in [0, 0.1) is 5.92 Å². The molecule has 0 amide bonds. The zero-order chi connectivity index (χ0) is 7.28. The maximum absolute atomic E-state index is 11.5. The van der Waals surface area contributed by atoms with Gasteiger partial charge in [-0.1, -0.05) is 0 Å². The Kier molecular flexibility index (Phi) is 4.53. The standard InChI is InChI=1S/C5H11F2NO/c6-5(7)1-4(2-8)3-9/h4-5,9H,1-3,8H2. The normalized spacial score (nSPS) is 14.3. The minimum atomic E-state index is -2.36. The molecule has 0 heterocycles.